The molecule has 170 valence electrons. The van der Waals surface area contributed by atoms with Gasteiger partial charge in [0.1, 0.15) is 5.03 Å². The maximum absolute atomic E-state index is 13.4. The fourth-order valence-corrected chi connectivity index (χ4v) is 6.09. The van der Waals surface area contributed by atoms with E-state index in [1.165, 1.54) is 23.9 Å². The van der Waals surface area contributed by atoms with E-state index < -0.39 is 33.5 Å². The molecule has 0 radical (unpaired) electrons. The second-order valence-electron chi connectivity index (χ2n) is 7.69. The summed E-state index contributed by atoms with van der Waals surface area (Å²) in [6, 6.07) is 15.6. The predicted molar refractivity (Wildman–Crippen MR) is 121 cm³/mol. The van der Waals surface area contributed by atoms with Gasteiger partial charge in [0, 0.05) is 5.75 Å². The lowest BCUT2D eigenvalue weighted by molar-refractivity contribution is -0.150. The molecule has 1 atom stereocenters. The molecule has 1 heterocycles. The number of rotatable bonds is 7. The Labute approximate surface area is 194 Å². The van der Waals surface area contributed by atoms with Crippen molar-refractivity contribution in [3.63, 3.8) is 0 Å². The Bertz CT molecular complexity index is 1350. The molecule has 1 aliphatic carbocycles. The maximum Gasteiger partial charge on any atom is 0.372 e. The number of hydrogen-bond acceptors (Lipinski definition) is 7. The minimum absolute atomic E-state index is 0.0115. The molecule has 8 nitrogen and oxygen atoms in total. The Balaban J connectivity index is 1.80. The summed E-state index contributed by atoms with van der Waals surface area (Å²) in [4.78, 5) is 36.5. The van der Waals surface area contributed by atoms with E-state index in [-0.39, 0.29) is 34.0 Å². The lowest BCUT2D eigenvalue weighted by atomic mass is 9.84. The van der Waals surface area contributed by atoms with Gasteiger partial charge < -0.3 is 5.11 Å². The van der Waals surface area contributed by atoms with Gasteiger partial charge in [0.15, 0.2) is 5.78 Å². The zero-order valence-corrected chi connectivity index (χ0v) is 19.2. The van der Waals surface area contributed by atoms with Gasteiger partial charge in [-0.05, 0) is 37.5 Å². The molecule has 1 unspecified atom stereocenters. The number of hydrogen-bond donors (Lipinski definition) is 1. The summed E-state index contributed by atoms with van der Waals surface area (Å²) in [6.45, 7) is 1.84. The minimum atomic E-state index is -4.10. The zero-order chi connectivity index (χ0) is 23.8. The smallest absolute Gasteiger partial charge is 0.372 e. The molecule has 0 spiro atoms. The van der Waals surface area contributed by atoms with Crippen LogP contribution >= 0.6 is 11.8 Å². The van der Waals surface area contributed by atoms with Gasteiger partial charge in [0.2, 0.25) is 0 Å². The quantitative estimate of drug-likeness (QED) is 0.308. The van der Waals surface area contributed by atoms with E-state index in [0.29, 0.717) is 5.75 Å². The van der Waals surface area contributed by atoms with Gasteiger partial charge in [-0.3, -0.25) is 9.59 Å². The fourth-order valence-electron chi connectivity index (χ4n) is 3.70. The Morgan fingerprint density at radius 1 is 1.12 bits per heavy atom. The molecule has 0 fully saturated rings. The molecule has 10 heteroatoms. The van der Waals surface area contributed by atoms with E-state index in [0.717, 1.165) is 15.2 Å². The normalized spacial score (nSPS) is 15.8. The first-order valence-corrected chi connectivity index (χ1v) is 12.5. The molecule has 3 aromatic rings. The summed E-state index contributed by atoms with van der Waals surface area (Å²) in [5, 5.41) is 13.5. The van der Waals surface area contributed by atoms with Gasteiger partial charge >= 0.3 is 5.97 Å². The summed E-state index contributed by atoms with van der Waals surface area (Å²) in [5.74, 6) is -4.52. The third-order valence-corrected chi connectivity index (χ3v) is 8.10. The number of aromatic nitrogens is 2. The molecule has 0 bridgehead atoms. The standard InChI is InChI=1S/C23H20N2O6S2/c1-14-7-9-16(10-8-14)33(30,31)25-18-12-11-17(21(27)23(28)29)20(26)19(18)22(24-25)32-13-15-5-3-2-4-6-15/h2-10,17H,11-13H2,1H3,(H,28,29). The van der Waals surface area contributed by atoms with Crippen LogP contribution in [0.1, 0.15) is 33.6 Å². The Morgan fingerprint density at radius 3 is 2.42 bits per heavy atom. The molecular weight excluding hydrogens is 464 g/mol. The van der Waals surface area contributed by atoms with E-state index in [9.17, 15) is 22.8 Å². The SMILES string of the molecule is Cc1ccc(S(=O)(=O)n2nc(SCc3ccccc3)c3c2CCC(C(=O)C(=O)O)C3=O)cc1. The third kappa shape index (κ3) is 4.36. The number of aryl methyl sites for hydroxylation is 1. The first-order valence-electron chi connectivity index (χ1n) is 10.1. The number of fused-ring (bicyclic) bond motifs is 1. The highest BCUT2D eigenvalue weighted by Crippen LogP contribution is 2.36. The summed E-state index contributed by atoms with van der Waals surface area (Å²) in [7, 11) is -4.10. The van der Waals surface area contributed by atoms with E-state index in [1.807, 2.05) is 37.3 Å². The number of carboxylic acids is 1. The van der Waals surface area contributed by atoms with Gasteiger partial charge in [0.05, 0.1) is 22.1 Å². The first-order chi connectivity index (χ1) is 15.7. The van der Waals surface area contributed by atoms with Crippen LogP contribution in [0.3, 0.4) is 0 Å². The molecule has 4 rings (SSSR count). The van der Waals surface area contributed by atoms with Crippen LogP contribution in [-0.2, 0) is 31.8 Å². The molecule has 1 aromatic heterocycles. The van der Waals surface area contributed by atoms with E-state index in [1.54, 1.807) is 12.1 Å². The molecule has 0 amide bonds. The van der Waals surface area contributed by atoms with Crippen LogP contribution in [0.4, 0.5) is 0 Å². The number of carbonyl (C=O) groups is 3. The minimum Gasteiger partial charge on any atom is -0.475 e. The molecule has 0 aliphatic heterocycles. The number of thioether (sulfide) groups is 1. The number of carboxylic acid groups (broad SMARTS) is 1. The number of aliphatic carboxylic acids is 1. The summed E-state index contributed by atoms with van der Waals surface area (Å²) in [6.07, 6.45) is -0.0520. The summed E-state index contributed by atoms with van der Waals surface area (Å²) < 4.78 is 27.6. The van der Waals surface area contributed by atoms with Crippen LogP contribution in [0, 0.1) is 12.8 Å². The maximum atomic E-state index is 13.4. The number of benzene rings is 2. The largest absolute Gasteiger partial charge is 0.475 e. The Morgan fingerprint density at radius 2 is 1.79 bits per heavy atom. The third-order valence-electron chi connectivity index (χ3n) is 5.44. The predicted octanol–water partition coefficient (Wildman–Crippen LogP) is 3.12. The van der Waals surface area contributed by atoms with Crippen LogP contribution < -0.4 is 0 Å². The van der Waals surface area contributed by atoms with E-state index in [2.05, 4.69) is 5.10 Å². The van der Waals surface area contributed by atoms with Crippen molar-refractivity contribution in [2.45, 2.75) is 35.4 Å². The Kier molecular flexibility index (Phi) is 6.22. The van der Waals surface area contributed by atoms with Gasteiger partial charge in [-0.1, -0.05) is 59.8 Å². The molecular formula is C23H20N2O6S2. The first kappa shape index (κ1) is 22.9. The van der Waals surface area contributed by atoms with Gasteiger partial charge in [-0.25, -0.2) is 4.79 Å². The van der Waals surface area contributed by atoms with E-state index >= 15 is 0 Å². The lowest BCUT2D eigenvalue weighted by Crippen LogP contribution is -2.34. The van der Waals surface area contributed by atoms with Crippen molar-refractivity contribution in [1.82, 2.24) is 9.19 Å². The molecule has 2 aromatic carbocycles. The molecule has 33 heavy (non-hydrogen) atoms. The lowest BCUT2D eigenvalue weighted by Gasteiger charge is -2.19. The van der Waals surface area contributed by atoms with Crippen molar-refractivity contribution in [3.8, 4) is 0 Å². The number of ketones is 2. The van der Waals surface area contributed by atoms with Crippen LogP contribution in [-0.4, -0.2) is 40.2 Å². The van der Waals surface area contributed by atoms with Crippen LogP contribution in [0.25, 0.3) is 0 Å². The van der Waals surface area contributed by atoms with Crippen molar-refractivity contribution in [2.75, 3.05) is 0 Å². The fraction of sp³-hybridized carbons (Fsp3) is 0.217. The topological polar surface area (TPSA) is 123 Å². The van der Waals surface area contributed by atoms with Crippen molar-refractivity contribution >= 4 is 39.3 Å². The Hall–Kier alpha value is -3.24. The van der Waals surface area contributed by atoms with Gasteiger partial charge in [-0.15, -0.1) is 0 Å². The molecule has 0 saturated heterocycles. The van der Waals surface area contributed by atoms with Crippen molar-refractivity contribution < 1.29 is 27.9 Å². The highest BCUT2D eigenvalue weighted by atomic mass is 32.2. The number of nitrogens with zero attached hydrogens (tertiary/aromatic N) is 2. The van der Waals surface area contributed by atoms with Crippen LogP contribution in [0.15, 0.2) is 64.5 Å². The van der Waals surface area contributed by atoms with Crippen LogP contribution in [0.2, 0.25) is 0 Å². The number of carbonyl (C=O) groups excluding carboxylic acids is 2. The summed E-state index contributed by atoms with van der Waals surface area (Å²) in [5.41, 5.74) is 2.01. The van der Waals surface area contributed by atoms with Gasteiger partial charge in [-0.2, -0.15) is 17.6 Å². The second-order valence-corrected chi connectivity index (χ2v) is 10.4. The molecule has 0 saturated carbocycles. The highest BCUT2D eigenvalue weighted by molar-refractivity contribution is 7.98. The summed E-state index contributed by atoms with van der Waals surface area (Å²) >= 11 is 1.17. The zero-order valence-electron chi connectivity index (χ0n) is 17.6. The van der Waals surface area contributed by atoms with Crippen molar-refractivity contribution in [3.05, 3.63) is 77.0 Å². The molecule has 1 N–H and O–H groups in total. The van der Waals surface area contributed by atoms with Crippen molar-refractivity contribution in [2.24, 2.45) is 5.92 Å². The monoisotopic (exact) mass is 484 g/mol. The van der Waals surface area contributed by atoms with Gasteiger partial charge in [0.25, 0.3) is 15.8 Å². The van der Waals surface area contributed by atoms with E-state index in [4.69, 9.17) is 5.11 Å². The average Bonchev–Trinajstić information content (AvgIpc) is 3.19. The van der Waals surface area contributed by atoms with Crippen molar-refractivity contribution in [1.29, 1.82) is 0 Å². The molecule has 1 aliphatic rings. The number of Topliss-reactive ketones (excluding diaryl/α,β-unsaturated/α-hetero) is 2. The second kappa shape index (κ2) is 8.95. The average molecular weight is 485 g/mol. The van der Waals surface area contributed by atoms with Crippen LogP contribution in [0.5, 0.6) is 0 Å². The highest BCUT2D eigenvalue weighted by Gasteiger charge is 2.41.